The van der Waals surface area contributed by atoms with Crippen LogP contribution in [0.1, 0.15) is 17.2 Å². The SMILES string of the molecule is COc1cccc(CC(NN)c2cnc3ccsc3c2)c1. The number of thiophene rings is 1. The predicted molar refractivity (Wildman–Crippen MR) is 86.4 cm³/mol. The lowest BCUT2D eigenvalue weighted by atomic mass is 10.0. The van der Waals surface area contributed by atoms with E-state index in [1.54, 1.807) is 18.4 Å². The summed E-state index contributed by atoms with van der Waals surface area (Å²) in [5.41, 5.74) is 6.18. The number of methoxy groups -OCH3 is 1. The van der Waals surface area contributed by atoms with Crippen molar-refractivity contribution in [2.75, 3.05) is 7.11 Å². The van der Waals surface area contributed by atoms with Gasteiger partial charge in [0, 0.05) is 6.20 Å². The van der Waals surface area contributed by atoms with Gasteiger partial charge in [0.2, 0.25) is 0 Å². The number of pyridine rings is 1. The topological polar surface area (TPSA) is 60.2 Å². The van der Waals surface area contributed by atoms with Gasteiger partial charge in [-0.2, -0.15) is 0 Å². The minimum atomic E-state index is 0.0242. The van der Waals surface area contributed by atoms with E-state index in [1.807, 2.05) is 35.8 Å². The van der Waals surface area contributed by atoms with Gasteiger partial charge in [0.15, 0.2) is 0 Å². The Balaban J connectivity index is 1.86. The van der Waals surface area contributed by atoms with Gasteiger partial charge < -0.3 is 4.74 Å². The first-order chi connectivity index (χ1) is 10.3. The Morgan fingerprint density at radius 2 is 2.24 bits per heavy atom. The van der Waals surface area contributed by atoms with Crippen molar-refractivity contribution in [2.24, 2.45) is 5.84 Å². The van der Waals surface area contributed by atoms with Gasteiger partial charge in [0.25, 0.3) is 0 Å². The summed E-state index contributed by atoms with van der Waals surface area (Å²) in [6.07, 6.45) is 2.67. The third-order valence-corrected chi connectivity index (χ3v) is 4.35. The molecule has 0 radical (unpaired) electrons. The highest BCUT2D eigenvalue weighted by molar-refractivity contribution is 7.17. The second-order valence-corrected chi connectivity index (χ2v) is 5.80. The maximum atomic E-state index is 5.74. The summed E-state index contributed by atoms with van der Waals surface area (Å²) < 4.78 is 6.44. The van der Waals surface area contributed by atoms with Gasteiger partial charge in [0.05, 0.1) is 23.4 Å². The highest BCUT2D eigenvalue weighted by atomic mass is 32.1. The van der Waals surface area contributed by atoms with Crippen LogP contribution in [0.3, 0.4) is 0 Å². The Bertz CT molecular complexity index is 741. The normalized spacial score (nSPS) is 12.5. The third kappa shape index (κ3) is 3.05. The van der Waals surface area contributed by atoms with Crippen LogP contribution in [0.15, 0.2) is 48.0 Å². The molecule has 2 aromatic heterocycles. The first-order valence-electron chi connectivity index (χ1n) is 6.72. The molecule has 0 amide bonds. The molecule has 3 rings (SSSR count). The smallest absolute Gasteiger partial charge is 0.119 e. The largest absolute Gasteiger partial charge is 0.497 e. The molecule has 1 aromatic carbocycles. The molecule has 5 heteroatoms. The fraction of sp³-hybridized carbons (Fsp3) is 0.188. The highest BCUT2D eigenvalue weighted by Crippen LogP contribution is 2.25. The van der Waals surface area contributed by atoms with Gasteiger partial charge in [-0.25, -0.2) is 0 Å². The second kappa shape index (κ2) is 6.22. The minimum Gasteiger partial charge on any atom is -0.497 e. The van der Waals surface area contributed by atoms with E-state index < -0.39 is 0 Å². The van der Waals surface area contributed by atoms with Gasteiger partial charge in [-0.3, -0.25) is 16.3 Å². The number of hydrogen-bond donors (Lipinski definition) is 2. The zero-order valence-corrected chi connectivity index (χ0v) is 12.6. The van der Waals surface area contributed by atoms with Crippen LogP contribution < -0.4 is 16.0 Å². The summed E-state index contributed by atoms with van der Waals surface area (Å²) in [5.74, 6) is 6.59. The Hall–Kier alpha value is -1.95. The van der Waals surface area contributed by atoms with Crippen molar-refractivity contribution in [3.8, 4) is 5.75 Å². The summed E-state index contributed by atoms with van der Waals surface area (Å²) in [5, 5.41) is 2.05. The van der Waals surface area contributed by atoms with E-state index >= 15 is 0 Å². The third-order valence-electron chi connectivity index (χ3n) is 3.50. The van der Waals surface area contributed by atoms with Gasteiger partial charge in [0.1, 0.15) is 5.75 Å². The van der Waals surface area contributed by atoms with E-state index in [9.17, 15) is 0 Å². The maximum Gasteiger partial charge on any atom is 0.119 e. The number of nitrogens with two attached hydrogens (primary N) is 1. The number of benzene rings is 1. The fourth-order valence-corrected chi connectivity index (χ4v) is 3.15. The van der Waals surface area contributed by atoms with Crippen molar-refractivity contribution in [3.05, 3.63) is 59.1 Å². The number of hydrazine groups is 1. The first-order valence-corrected chi connectivity index (χ1v) is 7.60. The molecular weight excluding hydrogens is 282 g/mol. The average Bonchev–Trinajstić information content (AvgIpc) is 3.00. The van der Waals surface area contributed by atoms with Crippen LogP contribution in [0, 0.1) is 0 Å². The minimum absolute atomic E-state index is 0.0242. The molecule has 4 nitrogen and oxygen atoms in total. The number of ether oxygens (including phenoxy) is 1. The van der Waals surface area contributed by atoms with Gasteiger partial charge in [-0.15, -0.1) is 11.3 Å². The number of aromatic nitrogens is 1. The van der Waals surface area contributed by atoms with E-state index in [-0.39, 0.29) is 6.04 Å². The molecule has 1 atom stereocenters. The standard InChI is InChI=1S/C16H17N3OS/c1-20-13-4-2-3-11(7-13)8-15(19-17)12-9-16-14(18-10-12)5-6-21-16/h2-7,9-10,15,19H,8,17H2,1H3. The molecule has 0 aliphatic rings. The van der Waals surface area contributed by atoms with Crippen LogP contribution in [0.2, 0.25) is 0 Å². The average molecular weight is 299 g/mol. The molecule has 0 bridgehead atoms. The van der Waals surface area contributed by atoms with Crippen molar-refractivity contribution < 1.29 is 4.74 Å². The molecule has 3 aromatic rings. The summed E-state index contributed by atoms with van der Waals surface area (Å²) in [7, 11) is 1.67. The Labute approximate surface area is 127 Å². The van der Waals surface area contributed by atoms with Crippen molar-refractivity contribution in [3.63, 3.8) is 0 Å². The van der Waals surface area contributed by atoms with Crippen molar-refractivity contribution >= 4 is 21.6 Å². The van der Waals surface area contributed by atoms with Crippen molar-refractivity contribution in [1.29, 1.82) is 0 Å². The molecule has 0 fully saturated rings. The fourth-order valence-electron chi connectivity index (χ4n) is 2.36. The van der Waals surface area contributed by atoms with Crippen LogP contribution in [0.25, 0.3) is 10.2 Å². The summed E-state index contributed by atoms with van der Waals surface area (Å²) in [6.45, 7) is 0. The molecule has 0 aliphatic heterocycles. The number of nitrogens with one attached hydrogen (secondary N) is 1. The molecule has 0 aliphatic carbocycles. The quantitative estimate of drug-likeness (QED) is 0.561. The summed E-state index contributed by atoms with van der Waals surface area (Å²) >= 11 is 1.69. The number of rotatable bonds is 5. The molecule has 1 unspecified atom stereocenters. The number of hydrogen-bond acceptors (Lipinski definition) is 5. The monoisotopic (exact) mass is 299 g/mol. The van der Waals surface area contributed by atoms with E-state index in [1.165, 1.54) is 10.3 Å². The lowest BCUT2D eigenvalue weighted by Gasteiger charge is -2.16. The van der Waals surface area contributed by atoms with Gasteiger partial charge in [-0.05, 0) is 47.2 Å². The van der Waals surface area contributed by atoms with Gasteiger partial charge >= 0.3 is 0 Å². The molecular formula is C16H17N3OS. The zero-order chi connectivity index (χ0) is 14.7. The van der Waals surface area contributed by atoms with E-state index in [2.05, 4.69) is 22.5 Å². The second-order valence-electron chi connectivity index (χ2n) is 4.85. The summed E-state index contributed by atoms with van der Waals surface area (Å²) in [6, 6.07) is 12.2. The van der Waals surface area contributed by atoms with Crippen molar-refractivity contribution in [1.82, 2.24) is 10.4 Å². The van der Waals surface area contributed by atoms with Crippen LogP contribution in [-0.2, 0) is 6.42 Å². The van der Waals surface area contributed by atoms with E-state index in [0.717, 1.165) is 23.3 Å². The Morgan fingerprint density at radius 3 is 3.05 bits per heavy atom. The molecule has 0 saturated carbocycles. The number of nitrogens with zero attached hydrogens (tertiary/aromatic N) is 1. The maximum absolute atomic E-state index is 5.74. The van der Waals surface area contributed by atoms with E-state index in [4.69, 9.17) is 10.6 Å². The molecule has 3 N–H and O–H groups in total. The van der Waals surface area contributed by atoms with Crippen LogP contribution >= 0.6 is 11.3 Å². The first kappa shape index (κ1) is 14.0. The van der Waals surface area contributed by atoms with Gasteiger partial charge in [-0.1, -0.05) is 12.1 Å². The van der Waals surface area contributed by atoms with Crippen LogP contribution in [-0.4, -0.2) is 12.1 Å². The zero-order valence-electron chi connectivity index (χ0n) is 11.7. The van der Waals surface area contributed by atoms with E-state index in [0.29, 0.717) is 0 Å². The lowest BCUT2D eigenvalue weighted by Crippen LogP contribution is -2.29. The molecule has 0 spiro atoms. The van der Waals surface area contributed by atoms with Crippen LogP contribution in [0.5, 0.6) is 5.75 Å². The molecule has 21 heavy (non-hydrogen) atoms. The highest BCUT2D eigenvalue weighted by Gasteiger charge is 2.12. The summed E-state index contributed by atoms with van der Waals surface area (Å²) in [4.78, 5) is 4.48. The van der Waals surface area contributed by atoms with Crippen molar-refractivity contribution in [2.45, 2.75) is 12.5 Å². The number of fused-ring (bicyclic) bond motifs is 1. The Kier molecular flexibility index (Phi) is 4.15. The lowest BCUT2D eigenvalue weighted by molar-refractivity contribution is 0.414. The Morgan fingerprint density at radius 1 is 1.33 bits per heavy atom. The molecule has 2 heterocycles. The molecule has 0 saturated heterocycles. The molecule has 108 valence electrons. The predicted octanol–water partition coefficient (Wildman–Crippen LogP) is 3.05. The van der Waals surface area contributed by atoms with Crippen LogP contribution in [0.4, 0.5) is 0 Å².